The SMILES string of the molecule is C[C@@H](C(=O)OCC(=O)NCc1ccccc1OC(F)(F)F)N1C(=O)C2CCCCC2C1=O. The van der Waals surface area contributed by atoms with E-state index in [-0.39, 0.29) is 12.1 Å². The molecule has 1 aliphatic heterocycles. The highest BCUT2D eigenvalue weighted by molar-refractivity contribution is 6.07. The zero-order valence-corrected chi connectivity index (χ0v) is 17.3. The van der Waals surface area contributed by atoms with E-state index in [9.17, 15) is 32.3 Å². The van der Waals surface area contributed by atoms with Crippen LogP contribution in [0.15, 0.2) is 24.3 Å². The number of carbonyl (C=O) groups excluding carboxylic acids is 4. The van der Waals surface area contributed by atoms with Crippen LogP contribution < -0.4 is 10.1 Å². The van der Waals surface area contributed by atoms with Gasteiger partial charge in [-0.15, -0.1) is 13.2 Å². The molecule has 0 bridgehead atoms. The maximum atomic E-state index is 12.6. The number of ether oxygens (including phenoxy) is 2. The van der Waals surface area contributed by atoms with E-state index in [1.165, 1.54) is 25.1 Å². The second kappa shape index (κ2) is 9.58. The van der Waals surface area contributed by atoms with Crippen molar-refractivity contribution in [3.63, 3.8) is 0 Å². The van der Waals surface area contributed by atoms with Crippen LogP contribution in [0.25, 0.3) is 0 Å². The van der Waals surface area contributed by atoms with Gasteiger partial charge in [0.05, 0.1) is 11.8 Å². The molecule has 32 heavy (non-hydrogen) atoms. The minimum absolute atomic E-state index is 0.0775. The Morgan fingerprint density at radius 3 is 2.31 bits per heavy atom. The van der Waals surface area contributed by atoms with E-state index in [2.05, 4.69) is 10.1 Å². The van der Waals surface area contributed by atoms with Crippen molar-refractivity contribution in [3.05, 3.63) is 29.8 Å². The molecule has 3 rings (SSSR count). The lowest BCUT2D eigenvalue weighted by molar-refractivity contribution is -0.274. The second-order valence-corrected chi connectivity index (χ2v) is 7.76. The molecule has 1 saturated heterocycles. The Hall–Kier alpha value is -3.11. The molecule has 11 heteroatoms. The Morgan fingerprint density at radius 2 is 1.72 bits per heavy atom. The van der Waals surface area contributed by atoms with E-state index in [4.69, 9.17) is 4.74 Å². The van der Waals surface area contributed by atoms with Gasteiger partial charge in [0.1, 0.15) is 11.8 Å². The minimum Gasteiger partial charge on any atom is -0.454 e. The van der Waals surface area contributed by atoms with Gasteiger partial charge in [-0.2, -0.15) is 0 Å². The number of hydrogen-bond donors (Lipinski definition) is 1. The van der Waals surface area contributed by atoms with Crippen molar-refractivity contribution in [2.45, 2.75) is 51.6 Å². The first-order valence-electron chi connectivity index (χ1n) is 10.2. The molecule has 0 spiro atoms. The largest absolute Gasteiger partial charge is 0.573 e. The first-order valence-corrected chi connectivity index (χ1v) is 10.2. The molecule has 2 unspecified atom stereocenters. The molecule has 1 aromatic rings. The number of nitrogens with one attached hydrogen (secondary N) is 1. The standard InChI is InChI=1S/C21H23F3N2O6/c1-12(26-18(28)14-7-3-4-8-15(14)19(26)29)20(30)31-11-17(27)25-10-13-6-2-5-9-16(13)32-21(22,23)24/h2,5-6,9,12,14-15H,3-4,7-8,10-11H2,1H3,(H,25,27)/t12-,14?,15?/m0/s1. The molecular weight excluding hydrogens is 433 g/mol. The number of fused-ring (bicyclic) bond motifs is 1. The molecule has 0 radical (unpaired) electrons. The van der Waals surface area contributed by atoms with Gasteiger partial charge in [0.15, 0.2) is 6.61 Å². The van der Waals surface area contributed by atoms with Gasteiger partial charge < -0.3 is 14.8 Å². The molecule has 3 amide bonds. The summed E-state index contributed by atoms with van der Waals surface area (Å²) in [5.74, 6) is -3.74. The molecule has 2 fully saturated rings. The van der Waals surface area contributed by atoms with Crippen LogP contribution >= 0.6 is 0 Å². The summed E-state index contributed by atoms with van der Waals surface area (Å²) in [7, 11) is 0. The molecule has 174 valence electrons. The van der Waals surface area contributed by atoms with E-state index in [0.29, 0.717) is 12.8 Å². The third kappa shape index (κ3) is 5.38. The molecular formula is C21H23F3N2O6. The highest BCUT2D eigenvalue weighted by Gasteiger charge is 2.51. The normalized spacial score (nSPS) is 21.7. The molecule has 1 N–H and O–H groups in total. The molecule has 1 saturated carbocycles. The summed E-state index contributed by atoms with van der Waals surface area (Å²) in [6, 6.07) is 4.12. The number of amides is 3. The van der Waals surface area contributed by atoms with Crippen molar-refractivity contribution in [1.82, 2.24) is 10.2 Å². The van der Waals surface area contributed by atoms with E-state index >= 15 is 0 Å². The quantitative estimate of drug-likeness (QED) is 0.499. The number of nitrogens with zero attached hydrogens (tertiary/aromatic N) is 1. The van der Waals surface area contributed by atoms with Gasteiger partial charge in [-0.3, -0.25) is 19.3 Å². The van der Waals surface area contributed by atoms with Gasteiger partial charge >= 0.3 is 12.3 Å². The fourth-order valence-electron chi connectivity index (χ4n) is 4.05. The monoisotopic (exact) mass is 456 g/mol. The number of carbonyl (C=O) groups is 4. The van der Waals surface area contributed by atoms with Crippen LogP contribution in [0.1, 0.15) is 38.2 Å². The van der Waals surface area contributed by atoms with Gasteiger partial charge in [0, 0.05) is 12.1 Å². The predicted octanol–water partition coefficient (Wildman–Crippen LogP) is 2.31. The molecule has 0 aromatic heterocycles. The number of benzene rings is 1. The van der Waals surface area contributed by atoms with Gasteiger partial charge in [-0.1, -0.05) is 31.0 Å². The summed E-state index contributed by atoms with van der Waals surface area (Å²) < 4.78 is 46.2. The second-order valence-electron chi connectivity index (χ2n) is 7.76. The summed E-state index contributed by atoms with van der Waals surface area (Å²) in [5.41, 5.74) is 0.0775. The van der Waals surface area contributed by atoms with Crippen molar-refractivity contribution >= 4 is 23.7 Å². The van der Waals surface area contributed by atoms with Crippen LogP contribution in [0.5, 0.6) is 5.75 Å². The maximum absolute atomic E-state index is 12.6. The van der Waals surface area contributed by atoms with E-state index < -0.39 is 60.3 Å². The van der Waals surface area contributed by atoms with E-state index in [1.54, 1.807) is 0 Å². The van der Waals surface area contributed by atoms with Crippen molar-refractivity contribution in [1.29, 1.82) is 0 Å². The highest BCUT2D eigenvalue weighted by atomic mass is 19.4. The molecule has 2 aliphatic rings. The lowest BCUT2D eigenvalue weighted by Crippen LogP contribution is -2.45. The van der Waals surface area contributed by atoms with Crippen LogP contribution in [-0.4, -0.2) is 47.6 Å². The van der Waals surface area contributed by atoms with Gasteiger partial charge in [-0.05, 0) is 25.8 Å². The van der Waals surface area contributed by atoms with Gasteiger partial charge in [0.2, 0.25) is 11.8 Å². The van der Waals surface area contributed by atoms with Crippen molar-refractivity contribution in [2.24, 2.45) is 11.8 Å². The summed E-state index contributed by atoms with van der Waals surface area (Å²) >= 11 is 0. The Bertz CT molecular complexity index is 880. The van der Waals surface area contributed by atoms with Crippen molar-refractivity contribution in [2.75, 3.05) is 6.61 Å². The van der Waals surface area contributed by atoms with Crippen LogP contribution in [0.2, 0.25) is 0 Å². The summed E-state index contributed by atoms with van der Waals surface area (Å²) in [6.07, 6.45) is -1.97. The van der Waals surface area contributed by atoms with Crippen LogP contribution in [0.4, 0.5) is 13.2 Å². The van der Waals surface area contributed by atoms with Crippen LogP contribution in [-0.2, 0) is 30.5 Å². The maximum Gasteiger partial charge on any atom is 0.573 e. The summed E-state index contributed by atoms with van der Waals surface area (Å²) in [4.78, 5) is 50.3. The molecule has 1 heterocycles. The Kier molecular flexibility index (Phi) is 7.05. The Balaban J connectivity index is 1.51. The number of rotatable bonds is 7. The molecule has 1 aliphatic carbocycles. The van der Waals surface area contributed by atoms with Crippen molar-refractivity contribution in [3.8, 4) is 5.75 Å². The topological polar surface area (TPSA) is 102 Å². The van der Waals surface area contributed by atoms with E-state index in [1.807, 2.05) is 0 Å². The van der Waals surface area contributed by atoms with Gasteiger partial charge in [-0.25, -0.2) is 4.79 Å². The Morgan fingerprint density at radius 1 is 1.12 bits per heavy atom. The summed E-state index contributed by atoms with van der Waals surface area (Å²) in [5, 5.41) is 2.34. The number of para-hydroxylation sites is 1. The fourth-order valence-corrected chi connectivity index (χ4v) is 4.05. The number of esters is 1. The smallest absolute Gasteiger partial charge is 0.454 e. The Labute approximate surface area is 182 Å². The lowest BCUT2D eigenvalue weighted by Gasteiger charge is -2.21. The third-order valence-electron chi connectivity index (χ3n) is 5.62. The predicted molar refractivity (Wildman–Crippen MR) is 103 cm³/mol. The first-order chi connectivity index (χ1) is 15.1. The first kappa shape index (κ1) is 23.6. The zero-order chi connectivity index (χ0) is 23.5. The number of hydrogen-bond acceptors (Lipinski definition) is 6. The highest BCUT2D eigenvalue weighted by Crippen LogP contribution is 2.38. The minimum atomic E-state index is -4.88. The fraction of sp³-hybridized carbons (Fsp3) is 0.524. The summed E-state index contributed by atoms with van der Waals surface area (Å²) in [6.45, 7) is 0.358. The number of imide groups is 1. The molecule has 1 aromatic carbocycles. The molecule has 8 nitrogen and oxygen atoms in total. The third-order valence-corrected chi connectivity index (χ3v) is 5.62. The molecule has 3 atom stereocenters. The van der Waals surface area contributed by atoms with Crippen molar-refractivity contribution < 1.29 is 41.8 Å². The average molecular weight is 456 g/mol. The van der Waals surface area contributed by atoms with E-state index in [0.717, 1.165) is 23.8 Å². The average Bonchev–Trinajstić information content (AvgIpc) is 3.00. The number of likely N-dealkylation sites (tertiary alicyclic amines) is 1. The number of halogens is 3. The zero-order valence-electron chi connectivity index (χ0n) is 17.3. The van der Waals surface area contributed by atoms with Crippen LogP contribution in [0, 0.1) is 11.8 Å². The number of alkyl halides is 3. The van der Waals surface area contributed by atoms with Gasteiger partial charge in [0.25, 0.3) is 5.91 Å². The van der Waals surface area contributed by atoms with Crippen LogP contribution in [0.3, 0.4) is 0 Å². The lowest BCUT2D eigenvalue weighted by atomic mass is 9.81.